The zero-order valence-corrected chi connectivity index (χ0v) is 10.7. The number of imidazole rings is 1. The maximum atomic E-state index is 12.7. The highest BCUT2D eigenvalue weighted by molar-refractivity contribution is 6.28. The first-order valence-corrected chi connectivity index (χ1v) is 5.94. The third-order valence-electron chi connectivity index (χ3n) is 2.41. The Morgan fingerprint density at radius 2 is 2.05 bits per heavy atom. The molecule has 102 valence electrons. The van der Waals surface area contributed by atoms with Crippen LogP contribution in [0.5, 0.6) is 0 Å². The summed E-state index contributed by atoms with van der Waals surface area (Å²) in [6.07, 6.45) is -0.0527. The highest BCUT2D eigenvalue weighted by atomic mass is 35.5. The Bertz CT molecular complexity index is 580. The standard InChI is InChI=1S/C11H10ClF3N4/c1-2-3-8-16-4-5-19(8)9-6-7(11(13,14)15)17-10(12)18-9/h4-6H,2-3H2,1H3. The number of aryl methyl sites for hydroxylation is 1. The summed E-state index contributed by atoms with van der Waals surface area (Å²) in [7, 11) is 0. The fourth-order valence-electron chi connectivity index (χ4n) is 1.63. The highest BCUT2D eigenvalue weighted by Gasteiger charge is 2.33. The number of rotatable bonds is 3. The molecule has 0 aliphatic rings. The van der Waals surface area contributed by atoms with Gasteiger partial charge in [0, 0.05) is 24.9 Å². The number of nitrogens with zero attached hydrogens (tertiary/aromatic N) is 4. The Hall–Kier alpha value is -1.63. The van der Waals surface area contributed by atoms with Crippen molar-refractivity contribution in [1.82, 2.24) is 19.5 Å². The normalized spacial score (nSPS) is 11.8. The van der Waals surface area contributed by atoms with Gasteiger partial charge in [0.15, 0.2) is 5.69 Å². The number of hydrogen-bond donors (Lipinski definition) is 0. The minimum Gasteiger partial charge on any atom is -0.288 e. The van der Waals surface area contributed by atoms with E-state index in [9.17, 15) is 13.2 Å². The van der Waals surface area contributed by atoms with E-state index in [4.69, 9.17) is 11.6 Å². The van der Waals surface area contributed by atoms with Gasteiger partial charge in [0.2, 0.25) is 5.28 Å². The largest absolute Gasteiger partial charge is 0.433 e. The maximum absolute atomic E-state index is 12.7. The van der Waals surface area contributed by atoms with Crippen LogP contribution in [-0.4, -0.2) is 19.5 Å². The second kappa shape index (κ2) is 5.16. The van der Waals surface area contributed by atoms with Crippen molar-refractivity contribution in [3.05, 3.63) is 35.3 Å². The molecule has 2 rings (SSSR count). The molecule has 4 nitrogen and oxygen atoms in total. The van der Waals surface area contributed by atoms with Crippen LogP contribution in [0.1, 0.15) is 24.9 Å². The first-order valence-electron chi connectivity index (χ1n) is 5.56. The minimum atomic E-state index is -4.56. The Balaban J connectivity index is 2.50. The Morgan fingerprint density at radius 1 is 1.32 bits per heavy atom. The summed E-state index contributed by atoms with van der Waals surface area (Å²) in [5, 5.41) is -0.444. The molecule has 0 saturated carbocycles. The van der Waals surface area contributed by atoms with Crippen molar-refractivity contribution in [2.24, 2.45) is 0 Å². The van der Waals surface area contributed by atoms with E-state index >= 15 is 0 Å². The van der Waals surface area contributed by atoms with Crippen molar-refractivity contribution >= 4 is 11.6 Å². The lowest BCUT2D eigenvalue weighted by Gasteiger charge is -2.10. The van der Waals surface area contributed by atoms with Crippen molar-refractivity contribution in [2.75, 3.05) is 0 Å². The molecule has 0 aromatic carbocycles. The molecule has 2 aromatic rings. The van der Waals surface area contributed by atoms with Crippen LogP contribution in [-0.2, 0) is 12.6 Å². The lowest BCUT2D eigenvalue weighted by Crippen LogP contribution is -2.12. The molecule has 0 aliphatic carbocycles. The molecule has 0 fully saturated rings. The molecular formula is C11H10ClF3N4. The van der Waals surface area contributed by atoms with Crippen LogP contribution in [0.3, 0.4) is 0 Å². The van der Waals surface area contributed by atoms with Crippen LogP contribution in [0.4, 0.5) is 13.2 Å². The van der Waals surface area contributed by atoms with Gasteiger partial charge in [-0.3, -0.25) is 4.57 Å². The third kappa shape index (κ3) is 3.04. The van der Waals surface area contributed by atoms with Crippen LogP contribution < -0.4 is 0 Å². The third-order valence-corrected chi connectivity index (χ3v) is 2.58. The number of hydrogen-bond acceptors (Lipinski definition) is 3. The maximum Gasteiger partial charge on any atom is 0.433 e. The van der Waals surface area contributed by atoms with Crippen LogP contribution in [0.15, 0.2) is 18.5 Å². The molecule has 0 atom stereocenters. The summed E-state index contributed by atoms with van der Waals surface area (Å²) in [5.41, 5.74) is -1.07. The summed E-state index contributed by atoms with van der Waals surface area (Å²) in [6.45, 7) is 1.95. The highest BCUT2D eigenvalue weighted by Crippen LogP contribution is 2.29. The van der Waals surface area contributed by atoms with E-state index in [0.29, 0.717) is 12.2 Å². The van der Waals surface area contributed by atoms with E-state index < -0.39 is 17.2 Å². The van der Waals surface area contributed by atoms with Crippen LogP contribution in [0, 0.1) is 0 Å². The van der Waals surface area contributed by atoms with Gasteiger partial charge in [0.1, 0.15) is 11.6 Å². The zero-order chi connectivity index (χ0) is 14.0. The molecular weight excluding hydrogens is 281 g/mol. The van der Waals surface area contributed by atoms with Gasteiger partial charge in [-0.2, -0.15) is 18.2 Å². The Kier molecular flexibility index (Phi) is 3.75. The Morgan fingerprint density at radius 3 is 2.68 bits per heavy atom. The monoisotopic (exact) mass is 290 g/mol. The second-order valence-corrected chi connectivity index (χ2v) is 4.18. The second-order valence-electron chi connectivity index (χ2n) is 3.84. The van der Waals surface area contributed by atoms with Gasteiger partial charge in [-0.15, -0.1) is 0 Å². The van der Waals surface area contributed by atoms with Crippen LogP contribution >= 0.6 is 11.6 Å². The van der Waals surface area contributed by atoms with Gasteiger partial charge in [-0.25, -0.2) is 9.97 Å². The Labute approximate surface area is 112 Å². The lowest BCUT2D eigenvalue weighted by atomic mass is 10.3. The molecule has 2 heterocycles. The summed E-state index contributed by atoms with van der Waals surface area (Å²) >= 11 is 5.55. The van der Waals surface area contributed by atoms with E-state index in [-0.39, 0.29) is 5.82 Å². The summed E-state index contributed by atoms with van der Waals surface area (Å²) in [5.74, 6) is 0.693. The summed E-state index contributed by atoms with van der Waals surface area (Å²) < 4.78 is 39.5. The number of alkyl halides is 3. The van der Waals surface area contributed by atoms with E-state index in [1.165, 1.54) is 10.8 Å². The number of aromatic nitrogens is 4. The first-order chi connectivity index (χ1) is 8.91. The molecule has 0 saturated heterocycles. The first kappa shape index (κ1) is 13.8. The van der Waals surface area contributed by atoms with Crippen LogP contribution in [0.25, 0.3) is 5.82 Å². The van der Waals surface area contributed by atoms with Crippen molar-refractivity contribution < 1.29 is 13.2 Å². The van der Waals surface area contributed by atoms with Gasteiger partial charge in [-0.1, -0.05) is 6.92 Å². The van der Waals surface area contributed by atoms with Crippen molar-refractivity contribution in [3.8, 4) is 5.82 Å². The zero-order valence-electron chi connectivity index (χ0n) is 9.95. The molecule has 0 amide bonds. The van der Waals surface area contributed by atoms with Crippen molar-refractivity contribution in [3.63, 3.8) is 0 Å². The van der Waals surface area contributed by atoms with Gasteiger partial charge < -0.3 is 0 Å². The average Bonchev–Trinajstić information content (AvgIpc) is 2.76. The molecule has 0 radical (unpaired) electrons. The van der Waals surface area contributed by atoms with E-state index in [2.05, 4.69) is 15.0 Å². The van der Waals surface area contributed by atoms with Crippen molar-refractivity contribution in [1.29, 1.82) is 0 Å². The van der Waals surface area contributed by atoms with Crippen molar-refractivity contribution in [2.45, 2.75) is 25.9 Å². The predicted octanol–water partition coefficient (Wildman–Crippen LogP) is 3.29. The van der Waals surface area contributed by atoms with Gasteiger partial charge in [-0.05, 0) is 18.0 Å². The van der Waals surface area contributed by atoms with Gasteiger partial charge in [0.25, 0.3) is 0 Å². The van der Waals surface area contributed by atoms with Crippen LogP contribution in [0.2, 0.25) is 5.28 Å². The molecule has 0 N–H and O–H groups in total. The quantitative estimate of drug-likeness (QED) is 0.815. The van der Waals surface area contributed by atoms with E-state index in [1.807, 2.05) is 6.92 Å². The predicted molar refractivity (Wildman–Crippen MR) is 63.2 cm³/mol. The molecule has 0 spiro atoms. The SMILES string of the molecule is CCCc1nccn1-c1cc(C(F)(F)F)nc(Cl)n1. The average molecular weight is 291 g/mol. The molecule has 0 bridgehead atoms. The van der Waals surface area contributed by atoms with Gasteiger partial charge in [0.05, 0.1) is 0 Å². The summed E-state index contributed by atoms with van der Waals surface area (Å²) in [4.78, 5) is 11.1. The minimum absolute atomic E-state index is 0.0632. The molecule has 2 aromatic heterocycles. The molecule has 0 unspecified atom stereocenters. The fourth-order valence-corrected chi connectivity index (χ4v) is 1.80. The summed E-state index contributed by atoms with van der Waals surface area (Å²) in [6, 6.07) is 0.854. The number of halogens is 4. The fraction of sp³-hybridized carbons (Fsp3) is 0.364. The molecule has 0 aliphatic heterocycles. The van der Waals surface area contributed by atoms with E-state index in [0.717, 1.165) is 12.5 Å². The smallest absolute Gasteiger partial charge is 0.288 e. The lowest BCUT2D eigenvalue weighted by molar-refractivity contribution is -0.141. The molecule has 19 heavy (non-hydrogen) atoms. The topological polar surface area (TPSA) is 43.6 Å². The van der Waals surface area contributed by atoms with E-state index in [1.54, 1.807) is 6.20 Å². The molecule has 8 heteroatoms. The van der Waals surface area contributed by atoms with Gasteiger partial charge >= 0.3 is 6.18 Å².